The molecule has 2 aromatic heterocycles. The molecule has 5 aromatic carbocycles. The number of carboxylic acid groups (broad SMARTS) is 1. The van der Waals surface area contributed by atoms with Gasteiger partial charge >= 0.3 is 5.97 Å². The average molecular weight is 889 g/mol. The number of pyridine rings is 1. The Labute approximate surface area is 380 Å². The molecule has 9 heteroatoms. The number of nitrogens with zero attached hydrogens (tertiary/aromatic N) is 2. The fraction of sp³-hybridized carbons (Fsp3) is 0.273. The number of carbonyl (C=O) groups is 1. The first-order valence-electron chi connectivity index (χ1n) is 22.3. The third kappa shape index (κ3) is 9.26. The summed E-state index contributed by atoms with van der Waals surface area (Å²) in [5, 5.41) is 15.3. The normalized spacial score (nSPS) is 13.7. The Kier molecular flexibility index (Phi) is 13.9. The maximum atomic E-state index is 14.5. The molecule has 2 heterocycles. The molecule has 0 amide bonds. The maximum Gasteiger partial charge on any atom is 0.305 e. The second-order valence-electron chi connectivity index (χ2n) is 19.0. The monoisotopic (exact) mass is 888 g/mol. The minimum absolute atomic E-state index is 0.0144. The van der Waals surface area contributed by atoms with E-state index in [4.69, 9.17) is 13.8 Å². The van der Waals surface area contributed by atoms with Crippen LogP contribution in [0.2, 0.25) is 10.1 Å². The van der Waals surface area contributed by atoms with Crippen LogP contribution in [-0.4, -0.2) is 49.5 Å². The van der Waals surface area contributed by atoms with E-state index < -0.39 is 39.9 Å². The van der Waals surface area contributed by atoms with Crippen LogP contribution < -0.4 is 20.7 Å². The number of halogens is 1. The number of aliphatic carboxylic acids is 1. The van der Waals surface area contributed by atoms with E-state index in [9.17, 15) is 14.3 Å². The van der Waals surface area contributed by atoms with Gasteiger partial charge in [0.2, 0.25) is 0 Å². The lowest BCUT2D eigenvalue weighted by atomic mass is 10.0. The van der Waals surface area contributed by atoms with E-state index in [0.717, 1.165) is 48.6 Å². The second-order valence-corrected chi connectivity index (χ2v) is 27.5. The molecule has 0 radical (unpaired) electrons. The Morgan fingerprint density at radius 3 is 1.55 bits per heavy atom. The zero-order chi connectivity index (χ0) is 45.7. The van der Waals surface area contributed by atoms with Crippen LogP contribution in [0, 0.1) is 5.82 Å². The van der Waals surface area contributed by atoms with Gasteiger partial charge in [0.1, 0.15) is 11.5 Å². The molecule has 2 unspecified atom stereocenters. The molecule has 0 aliphatic heterocycles. The second kappa shape index (κ2) is 19.2. The minimum atomic E-state index is -3.24. The lowest BCUT2D eigenvalue weighted by Crippen LogP contribution is -2.69. The lowest BCUT2D eigenvalue weighted by Gasteiger charge is -2.47. The third-order valence-electron chi connectivity index (χ3n) is 12.3. The van der Waals surface area contributed by atoms with Crippen LogP contribution in [-0.2, 0) is 13.6 Å². The Morgan fingerprint density at radius 1 is 0.672 bits per heavy atom. The van der Waals surface area contributed by atoms with Gasteiger partial charge in [-0.05, 0) is 80.6 Å². The molecule has 7 aromatic rings. The van der Waals surface area contributed by atoms with Gasteiger partial charge in [-0.15, -0.1) is 0 Å². The number of aromatic nitrogens is 2. The zero-order valence-corrected chi connectivity index (χ0v) is 40.3. The van der Waals surface area contributed by atoms with E-state index in [-0.39, 0.29) is 29.7 Å². The van der Waals surface area contributed by atoms with Crippen molar-refractivity contribution in [2.45, 2.75) is 96.6 Å². The van der Waals surface area contributed by atoms with Crippen LogP contribution >= 0.6 is 0 Å². The van der Waals surface area contributed by atoms with Gasteiger partial charge in [-0.1, -0.05) is 181 Å². The first-order chi connectivity index (χ1) is 30.6. The van der Waals surface area contributed by atoms with Gasteiger partial charge in [0.15, 0.2) is 0 Å². The van der Waals surface area contributed by atoms with Gasteiger partial charge < -0.3 is 18.5 Å². The molecule has 0 aliphatic rings. The van der Waals surface area contributed by atoms with Crippen molar-refractivity contribution >= 4 is 60.5 Å². The van der Waals surface area contributed by atoms with Gasteiger partial charge in [0, 0.05) is 29.6 Å². The topological polar surface area (TPSA) is 73.6 Å². The molecule has 0 saturated heterocycles. The number of fused-ring (bicyclic) bond motifs is 1. The van der Waals surface area contributed by atoms with Crippen molar-refractivity contribution in [3.05, 3.63) is 182 Å². The average Bonchev–Trinajstić information content (AvgIpc) is 3.61. The predicted octanol–water partition coefficient (Wildman–Crippen LogP) is 11.2. The summed E-state index contributed by atoms with van der Waals surface area (Å²) in [6.45, 7) is 17.7. The molecule has 0 spiro atoms. The zero-order valence-electron chi connectivity index (χ0n) is 38.3. The molecule has 7 rings (SSSR count). The largest absolute Gasteiger partial charge is 0.481 e. The molecule has 64 heavy (non-hydrogen) atoms. The highest BCUT2D eigenvalue weighted by atomic mass is 28.4. The van der Waals surface area contributed by atoms with Crippen molar-refractivity contribution in [2.24, 2.45) is 0 Å². The highest BCUT2D eigenvalue weighted by Crippen LogP contribution is 2.42. The smallest absolute Gasteiger partial charge is 0.305 e. The predicted molar refractivity (Wildman–Crippen MR) is 266 cm³/mol. The third-order valence-corrected chi connectivity index (χ3v) is 22.5. The van der Waals surface area contributed by atoms with E-state index in [1.54, 1.807) is 6.20 Å². The van der Waals surface area contributed by atoms with Crippen LogP contribution in [0.4, 0.5) is 4.39 Å². The molecule has 0 saturated carbocycles. The van der Waals surface area contributed by atoms with Crippen molar-refractivity contribution in [1.82, 2.24) is 9.55 Å². The number of rotatable bonds is 16. The number of hydrogen-bond acceptors (Lipinski definition) is 4. The summed E-state index contributed by atoms with van der Waals surface area (Å²) in [5.41, 5.74) is 3.51. The Hall–Kier alpha value is -5.72. The summed E-state index contributed by atoms with van der Waals surface area (Å²) >= 11 is 0. The molecule has 0 aliphatic carbocycles. The molecular formula is C55H61FN2O4Si2. The van der Waals surface area contributed by atoms with E-state index >= 15 is 0 Å². The van der Waals surface area contributed by atoms with E-state index in [2.05, 4.69) is 151 Å². The van der Waals surface area contributed by atoms with Gasteiger partial charge in [0.05, 0.1) is 24.3 Å². The summed E-state index contributed by atoms with van der Waals surface area (Å²) in [5.74, 6) is -1.25. The van der Waals surface area contributed by atoms with Gasteiger partial charge in [-0.3, -0.25) is 4.79 Å². The molecule has 1 N–H and O–H groups in total. The summed E-state index contributed by atoms with van der Waals surface area (Å²) in [6, 6.07) is 52.4. The van der Waals surface area contributed by atoms with E-state index in [1.807, 2.05) is 66.7 Å². The number of benzene rings is 5. The quantitative estimate of drug-likeness (QED) is 0.0979. The molecule has 6 nitrogen and oxygen atoms in total. The van der Waals surface area contributed by atoms with Gasteiger partial charge in [-0.2, -0.15) is 0 Å². The van der Waals surface area contributed by atoms with Gasteiger partial charge in [-0.25, -0.2) is 9.37 Å². The Bertz CT molecular complexity index is 2580. The summed E-state index contributed by atoms with van der Waals surface area (Å²) in [4.78, 5) is 18.0. The van der Waals surface area contributed by atoms with E-state index in [0.29, 0.717) is 0 Å². The van der Waals surface area contributed by atoms with Crippen LogP contribution in [0.25, 0.3) is 28.2 Å². The van der Waals surface area contributed by atoms with Crippen LogP contribution in [0.15, 0.2) is 170 Å². The highest BCUT2D eigenvalue weighted by Gasteiger charge is 2.54. The molecule has 0 fully saturated rings. The minimum Gasteiger partial charge on any atom is -0.481 e. The maximum absolute atomic E-state index is 14.5. The highest BCUT2D eigenvalue weighted by molar-refractivity contribution is 7.00. The van der Waals surface area contributed by atoms with Crippen LogP contribution in [0.3, 0.4) is 0 Å². The molecule has 2 atom stereocenters. The van der Waals surface area contributed by atoms with E-state index in [1.165, 1.54) is 12.1 Å². The summed E-state index contributed by atoms with van der Waals surface area (Å²) < 4.78 is 32.4. The van der Waals surface area contributed by atoms with Crippen molar-refractivity contribution in [2.75, 3.05) is 0 Å². The SMILES string of the molecule is CC(C)n1c(C=CC(CC(CC(=O)O)O[Si](c2ccccc2)(c2ccccc2)C(C)(C)C)O[Si](c2ccccc2)(c2ccccc2)C(C)(C)C)c(-c2ccc(F)cc2)c2cccnc21. The fourth-order valence-electron chi connectivity index (χ4n) is 9.61. The molecule has 0 bridgehead atoms. The Balaban J connectivity index is 1.48. The van der Waals surface area contributed by atoms with Crippen molar-refractivity contribution in [1.29, 1.82) is 0 Å². The Morgan fingerprint density at radius 2 is 1.12 bits per heavy atom. The lowest BCUT2D eigenvalue weighted by molar-refractivity contribution is -0.139. The van der Waals surface area contributed by atoms with Crippen LogP contribution in [0.1, 0.15) is 80.0 Å². The summed E-state index contributed by atoms with van der Waals surface area (Å²) in [6.07, 6.45) is 4.66. The standard InChI is InChI=1S/C55H61FN2O4Si2/c1-40(2)58-50(52(41-31-33-42(56)34-32-41)49-30-21-37-57-53(49)58)36-35-43(61-63(54(3,4)5,45-22-13-9-14-23-45)46-24-15-10-16-25-46)38-44(39-51(59)60)62-64(55(6,7)8,47-26-17-11-18-27-47)48-28-19-12-20-29-48/h9-37,40,43-44H,38-39H2,1-8H3,(H,59,60). The van der Waals surface area contributed by atoms with Crippen molar-refractivity contribution in [3.63, 3.8) is 0 Å². The van der Waals surface area contributed by atoms with Crippen molar-refractivity contribution < 1.29 is 23.1 Å². The summed E-state index contributed by atoms with van der Waals surface area (Å²) in [7, 11) is -6.47. The molecular weight excluding hydrogens is 828 g/mol. The van der Waals surface area contributed by atoms with Crippen LogP contribution in [0.5, 0.6) is 0 Å². The number of carboxylic acids is 1. The van der Waals surface area contributed by atoms with Gasteiger partial charge in [0.25, 0.3) is 16.6 Å². The molecule has 330 valence electrons. The first-order valence-corrected chi connectivity index (χ1v) is 26.1. The number of hydrogen-bond donors (Lipinski definition) is 1. The van der Waals surface area contributed by atoms with Crippen molar-refractivity contribution in [3.8, 4) is 11.1 Å². The first kappa shape index (κ1) is 46.3. The fourth-order valence-corrected chi connectivity index (χ4v) is 19.0.